The molecule has 1 heterocycles. The predicted octanol–water partition coefficient (Wildman–Crippen LogP) is 1.14. The quantitative estimate of drug-likeness (QED) is 0.767. The average Bonchev–Trinajstić information content (AvgIpc) is 2.65. The van der Waals surface area contributed by atoms with Gasteiger partial charge in [-0.2, -0.15) is 0 Å². The zero-order chi connectivity index (χ0) is 11.3. The number of rotatable bonds is 5. The van der Waals surface area contributed by atoms with Crippen LogP contribution >= 0.6 is 11.3 Å². The molecule has 15 heavy (non-hydrogen) atoms. The molecule has 1 rings (SSSR count). The van der Waals surface area contributed by atoms with Crippen LogP contribution < -0.4 is 5.73 Å². The normalized spacial score (nSPS) is 12.5. The number of nitrogens with zero attached hydrogens (tertiary/aromatic N) is 1. The number of nitrogens with two attached hydrogens (primary N) is 1. The number of ether oxygens (including phenoxy) is 1. The van der Waals surface area contributed by atoms with Gasteiger partial charge in [-0.15, -0.1) is 11.3 Å². The Morgan fingerprint density at radius 3 is 3.07 bits per heavy atom. The third-order valence-corrected chi connectivity index (χ3v) is 3.03. The van der Waals surface area contributed by atoms with E-state index in [1.807, 2.05) is 12.3 Å². The second-order valence-electron chi connectivity index (χ2n) is 3.36. The molecule has 4 nitrogen and oxygen atoms in total. The van der Waals surface area contributed by atoms with Gasteiger partial charge in [0.15, 0.2) is 0 Å². The zero-order valence-corrected chi connectivity index (χ0v) is 9.84. The van der Waals surface area contributed by atoms with E-state index in [0.717, 1.165) is 23.5 Å². The molecule has 0 aromatic carbocycles. The fourth-order valence-electron chi connectivity index (χ4n) is 1.11. The van der Waals surface area contributed by atoms with Crippen molar-refractivity contribution in [2.75, 3.05) is 7.11 Å². The highest BCUT2D eigenvalue weighted by molar-refractivity contribution is 7.09. The third kappa shape index (κ3) is 3.97. The minimum absolute atomic E-state index is 0.155. The number of hydrogen-bond acceptors (Lipinski definition) is 5. The monoisotopic (exact) mass is 228 g/mol. The minimum Gasteiger partial charge on any atom is -0.469 e. The van der Waals surface area contributed by atoms with Gasteiger partial charge in [0, 0.05) is 17.8 Å². The smallest absolute Gasteiger partial charge is 0.311 e. The van der Waals surface area contributed by atoms with Crippen LogP contribution in [0.25, 0.3) is 0 Å². The molecule has 1 atom stereocenters. The van der Waals surface area contributed by atoms with Gasteiger partial charge in [-0.25, -0.2) is 4.98 Å². The standard InChI is InChI=1S/C10H16N2O2S/c1-3-7(11)4-9-12-8(6-15-9)5-10(13)14-2/h6-7H,3-5,11H2,1-2H3. The molecule has 5 heteroatoms. The van der Waals surface area contributed by atoms with E-state index < -0.39 is 0 Å². The number of esters is 1. The fraction of sp³-hybridized carbons (Fsp3) is 0.600. The van der Waals surface area contributed by atoms with Gasteiger partial charge in [0.2, 0.25) is 0 Å². The van der Waals surface area contributed by atoms with Gasteiger partial charge in [0.25, 0.3) is 0 Å². The summed E-state index contributed by atoms with van der Waals surface area (Å²) in [6.07, 6.45) is 1.96. The molecule has 0 amide bonds. The van der Waals surface area contributed by atoms with Gasteiger partial charge >= 0.3 is 5.97 Å². The second-order valence-corrected chi connectivity index (χ2v) is 4.30. The molecule has 0 bridgehead atoms. The number of carbonyl (C=O) groups is 1. The van der Waals surface area contributed by atoms with E-state index in [1.54, 1.807) is 11.3 Å². The number of carbonyl (C=O) groups excluding carboxylic acids is 1. The van der Waals surface area contributed by atoms with Crippen molar-refractivity contribution in [2.24, 2.45) is 5.73 Å². The Kier molecular flexibility index (Phi) is 4.71. The van der Waals surface area contributed by atoms with Crippen LogP contribution in [0.4, 0.5) is 0 Å². The Morgan fingerprint density at radius 2 is 2.47 bits per heavy atom. The van der Waals surface area contributed by atoms with E-state index in [9.17, 15) is 4.79 Å². The Labute approximate surface area is 93.5 Å². The fourth-order valence-corrected chi connectivity index (χ4v) is 2.00. The molecular weight excluding hydrogens is 212 g/mol. The average molecular weight is 228 g/mol. The SMILES string of the molecule is CCC(N)Cc1nc(CC(=O)OC)cs1. The second kappa shape index (κ2) is 5.82. The molecule has 1 unspecified atom stereocenters. The highest BCUT2D eigenvalue weighted by atomic mass is 32.1. The molecule has 0 saturated carbocycles. The molecule has 1 aromatic heterocycles. The lowest BCUT2D eigenvalue weighted by atomic mass is 10.2. The van der Waals surface area contributed by atoms with Gasteiger partial charge in [-0.05, 0) is 6.42 Å². The Morgan fingerprint density at radius 1 is 1.73 bits per heavy atom. The van der Waals surface area contributed by atoms with Crippen LogP contribution in [0, 0.1) is 0 Å². The molecule has 0 aliphatic heterocycles. The molecule has 1 aromatic rings. The van der Waals surface area contributed by atoms with Crippen molar-refractivity contribution < 1.29 is 9.53 Å². The summed E-state index contributed by atoms with van der Waals surface area (Å²) in [5, 5.41) is 2.87. The van der Waals surface area contributed by atoms with E-state index >= 15 is 0 Å². The van der Waals surface area contributed by atoms with Gasteiger partial charge in [0.05, 0.1) is 24.2 Å². The molecule has 84 valence electrons. The van der Waals surface area contributed by atoms with E-state index in [0.29, 0.717) is 0 Å². The summed E-state index contributed by atoms with van der Waals surface area (Å²) in [4.78, 5) is 15.3. The molecule has 0 aliphatic rings. The number of methoxy groups -OCH3 is 1. The summed E-state index contributed by atoms with van der Waals surface area (Å²) < 4.78 is 4.57. The summed E-state index contributed by atoms with van der Waals surface area (Å²) in [6, 6.07) is 0.155. The molecule has 2 N–H and O–H groups in total. The van der Waals surface area contributed by atoms with E-state index in [4.69, 9.17) is 5.73 Å². The summed E-state index contributed by atoms with van der Waals surface area (Å²) in [5.74, 6) is -0.258. The lowest BCUT2D eigenvalue weighted by Crippen LogP contribution is -2.21. The van der Waals surface area contributed by atoms with Crippen LogP contribution in [-0.4, -0.2) is 24.1 Å². The first-order chi connectivity index (χ1) is 7.15. The highest BCUT2D eigenvalue weighted by Gasteiger charge is 2.09. The van der Waals surface area contributed by atoms with Crippen molar-refractivity contribution in [3.05, 3.63) is 16.1 Å². The summed E-state index contributed by atoms with van der Waals surface area (Å²) in [5.41, 5.74) is 6.59. The van der Waals surface area contributed by atoms with Crippen LogP contribution in [0.15, 0.2) is 5.38 Å². The van der Waals surface area contributed by atoms with Crippen molar-refractivity contribution >= 4 is 17.3 Å². The van der Waals surface area contributed by atoms with Crippen molar-refractivity contribution in [1.29, 1.82) is 0 Å². The Bertz CT molecular complexity index is 325. The van der Waals surface area contributed by atoms with Gasteiger partial charge in [-0.1, -0.05) is 6.92 Å². The maximum Gasteiger partial charge on any atom is 0.311 e. The molecule has 0 fully saturated rings. The minimum atomic E-state index is -0.258. The van der Waals surface area contributed by atoms with E-state index in [2.05, 4.69) is 9.72 Å². The van der Waals surface area contributed by atoms with Gasteiger partial charge in [0.1, 0.15) is 0 Å². The molecule has 0 saturated heterocycles. The first-order valence-electron chi connectivity index (χ1n) is 4.91. The van der Waals surface area contributed by atoms with Crippen LogP contribution in [0.5, 0.6) is 0 Å². The Balaban J connectivity index is 2.52. The maximum absolute atomic E-state index is 11.0. The molecule has 0 aliphatic carbocycles. The summed E-state index contributed by atoms with van der Waals surface area (Å²) >= 11 is 1.55. The first kappa shape index (κ1) is 12.1. The van der Waals surface area contributed by atoms with E-state index in [-0.39, 0.29) is 18.4 Å². The van der Waals surface area contributed by atoms with Crippen LogP contribution in [-0.2, 0) is 22.4 Å². The van der Waals surface area contributed by atoms with Crippen LogP contribution in [0.3, 0.4) is 0 Å². The van der Waals surface area contributed by atoms with Crippen molar-refractivity contribution in [3.63, 3.8) is 0 Å². The number of aromatic nitrogens is 1. The number of thiazole rings is 1. The molecule has 0 radical (unpaired) electrons. The third-order valence-electron chi connectivity index (χ3n) is 2.11. The molecular formula is C10H16N2O2S. The highest BCUT2D eigenvalue weighted by Crippen LogP contribution is 2.13. The summed E-state index contributed by atoms with van der Waals surface area (Å²) in [7, 11) is 1.38. The lowest BCUT2D eigenvalue weighted by molar-refractivity contribution is -0.139. The largest absolute Gasteiger partial charge is 0.469 e. The first-order valence-corrected chi connectivity index (χ1v) is 5.79. The zero-order valence-electron chi connectivity index (χ0n) is 9.03. The van der Waals surface area contributed by atoms with Gasteiger partial charge in [-0.3, -0.25) is 4.79 Å². The molecule has 0 spiro atoms. The van der Waals surface area contributed by atoms with Crippen LogP contribution in [0.1, 0.15) is 24.0 Å². The van der Waals surface area contributed by atoms with Crippen molar-refractivity contribution in [2.45, 2.75) is 32.2 Å². The van der Waals surface area contributed by atoms with E-state index in [1.165, 1.54) is 7.11 Å². The number of hydrogen-bond donors (Lipinski definition) is 1. The van der Waals surface area contributed by atoms with Gasteiger partial charge < -0.3 is 10.5 Å². The predicted molar refractivity (Wildman–Crippen MR) is 59.8 cm³/mol. The lowest BCUT2D eigenvalue weighted by Gasteiger charge is -2.04. The topological polar surface area (TPSA) is 65.2 Å². The summed E-state index contributed by atoms with van der Waals surface area (Å²) in [6.45, 7) is 2.05. The maximum atomic E-state index is 11.0. The van der Waals surface area contributed by atoms with Crippen molar-refractivity contribution in [3.8, 4) is 0 Å². The Hall–Kier alpha value is -0.940. The van der Waals surface area contributed by atoms with Crippen LogP contribution in [0.2, 0.25) is 0 Å². The van der Waals surface area contributed by atoms with Crippen molar-refractivity contribution in [1.82, 2.24) is 4.98 Å².